The summed E-state index contributed by atoms with van der Waals surface area (Å²) in [5, 5.41) is 14.6. The van der Waals surface area contributed by atoms with E-state index < -0.39 is 0 Å². The summed E-state index contributed by atoms with van der Waals surface area (Å²) < 4.78 is 7.14. The lowest BCUT2D eigenvalue weighted by Crippen LogP contribution is -2.82. The third-order valence-electron chi connectivity index (χ3n) is 2.98. The molecule has 2 aromatic rings. The maximum Gasteiger partial charge on any atom is 0.209 e. The fourth-order valence-electron chi connectivity index (χ4n) is 1.89. The standard InChI is InChI=1S/C14H21N5OS/c1-3-20-13-7-5-12(6-8-13)11-15-9-4-10-21-14-16-17-18-19(14)2/h5-8,15H,3-4,9-11H2,1-2H3/p+1. The van der Waals surface area contributed by atoms with E-state index in [2.05, 4.69) is 33.0 Å². The number of quaternary nitrogens is 1. The van der Waals surface area contributed by atoms with Crippen molar-refractivity contribution in [1.82, 2.24) is 20.2 Å². The van der Waals surface area contributed by atoms with E-state index in [0.29, 0.717) is 6.61 Å². The zero-order valence-corrected chi connectivity index (χ0v) is 13.3. The summed E-state index contributed by atoms with van der Waals surface area (Å²) in [7, 11) is 1.86. The summed E-state index contributed by atoms with van der Waals surface area (Å²) in [5.41, 5.74) is 1.32. The summed E-state index contributed by atoms with van der Waals surface area (Å²) in [6.45, 7) is 4.81. The minimum atomic E-state index is 0.712. The van der Waals surface area contributed by atoms with Crippen molar-refractivity contribution in [3.05, 3.63) is 29.8 Å². The van der Waals surface area contributed by atoms with Crippen LogP contribution in [0.25, 0.3) is 0 Å². The van der Waals surface area contributed by atoms with Crippen molar-refractivity contribution in [2.45, 2.75) is 25.0 Å². The molecular formula is C14H22N5OS+. The van der Waals surface area contributed by atoms with Gasteiger partial charge in [-0.15, -0.1) is 5.10 Å². The molecule has 0 radical (unpaired) electrons. The van der Waals surface area contributed by atoms with Gasteiger partial charge < -0.3 is 10.1 Å². The molecule has 1 heterocycles. The van der Waals surface area contributed by atoms with Crippen molar-refractivity contribution in [1.29, 1.82) is 0 Å². The molecule has 0 amide bonds. The van der Waals surface area contributed by atoms with E-state index in [-0.39, 0.29) is 0 Å². The predicted molar refractivity (Wildman–Crippen MR) is 82.2 cm³/mol. The zero-order chi connectivity index (χ0) is 14.9. The summed E-state index contributed by atoms with van der Waals surface area (Å²) in [6, 6.07) is 8.32. The molecule has 0 unspecified atom stereocenters. The highest BCUT2D eigenvalue weighted by molar-refractivity contribution is 7.99. The quantitative estimate of drug-likeness (QED) is 0.549. The maximum absolute atomic E-state index is 5.43. The number of tetrazole rings is 1. The zero-order valence-electron chi connectivity index (χ0n) is 12.5. The van der Waals surface area contributed by atoms with E-state index in [9.17, 15) is 0 Å². The van der Waals surface area contributed by atoms with Gasteiger partial charge in [0.15, 0.2) is 0 Å². The van der Waals surface area contributed by atoms with Gasteiger partial charge in [0, 0.05) is 24.8 Å². The van der Waals surface area contributed by atoms with Crippen LogP contribution in [0.5, 0.6) is 5.75 Å². The van der Waals surface area contributed by atoms with E-state index >= 15 is 0 Å². The molecule has 1 aromatic carbocycles. The molecule has 114 valence electrons. The number of nitrogens with two attached hydrogens (primary N) is 1. The summed E-state index contributed by atoms with van der Waals surface area (Å²) >= 11 is 1.70. The molecule has 0 aliphatic rings. The largest absolute Gasteiger partial charge is 0.494 e. The first-order valence-electron chi connectivity index (χ1n) is 7.18. The first-order valence-corrected chi connectivity index (χ1v) is 8.16. The fraction of sp³-hybridized carbons (Fsp3) is 0.500. The van der Waals surface area contributed by atoms with E-state index in [1.807, 2.05) is 26.1 Å². The second-order valence-electron chi connectivity index (χ2n) is 4.65. The number of aromatic nitrogens is 4. The Balaban J connectivity index is 1.58. The van der Waals surface area contributed by atoms with Crippen LogP contribution in [0.3, 0.4) is 0 Å². The second kappa shape index (κ2) is 8.63. The number of hydrogen-bond donors (Lipinski definition) is 1. The van der Waals surface area contributed by atoms with Gasteiger partial charge in [0.2, 0.25) is 5.16 Å². The topological polar surface area (TPSA) is 69.4 Å². The van der Waals surface area contributed by atoms with E-state index in [4.69, 9.17) is 4.74 Å². The third-order valence-corrected chi connectivity index (χ3v) is 4.08. The second-order valence-corrected chi connectivity index (χ2v) is 5.71. The normalized spacial score (nSPS) is 10.8. The van der Waals surface area contributed by atoms with Gasteiger partial charge in [0.25, 0.3) is 0 Å². The van der Waals surface area contributed by atoms with Crippen LogP contribution in [-0.4, -0.2) is 39.1 Å². The summed E-state index contributed by atoms with van der Waals surface area (Å²) in [5.74, 6) is 1.98. The molecule has 0 aliphatic heterocycles. The van der Waals surface area contributed by atoms with Crippen molar-refractivity contribution >= 4 is 11.8 Å². The highest BCUT2D eigenvalue weighted by atomic mass is 32.2. The Morgan fingerprint density at radius 1 is 1.29 bits per heavy atom. The average molecular weight is 308 g/mol. The van der Waals surface area contributed by atoms with Gasteiger partial charge in [0.1, 0.15) is 12.3 Å². The Morgan fingerprint density at radius 3 is 2.76 bits per heavy atom. The van der Waals surface area contributed by atoms with Crippen LogP contribution in [0.2, 0.25) is 0 Å². The monoisotopic (exact) mass is 308 g/mol. The van der Waals surface area contributed by atoms with Gasteiger partial charge in [-0.3, -0.25) is 0 Å². The number of rotatable bonds is 9. The number of hydrogen-bond acceptors (Lipinski definition) is 5. The van der Waals surface area contributed by atoms with E-state index in [1.54, 1.807) is 16.4 Å². The first kappa shape index (κ1) is 15.8. The Hall–Kier alpha value is -1.60. The van der Waals surface area contributed by atoms with Crippen LogP contribution in [0, 0.1) is 0 Å². The lowest BCUT2D eigenvalue weighted by molar-refractivity contribution is -0.670. The van der Waals surface area contributed by atoms with Crippen LogP contribution < -0.4 is 10.1 Å². The SMILES string of the molecule is CCOc1ccc(C[NH2+]CCCSc2nnnn2C)cc1. The molecule has 6 nitrogen and oxygen atoms in total. The van der Waals surface area contributed by atoms with Crippen LogP contribution in [0.4, 0.5) is 0 Å². The molecule has 7 heteroatoms. The van der Waals surface area contributed by atoms with Gasteiger partial charge in [-0.2, -0.15) is 0 Å². The Labute approximate surface area is 129 Å². The Bertz CT molecular complexity index is 528. The van der Waals surface area contributed by atoms with E-state index in [1.165, 1.54) is 5.56 Å². The Morgan fingerprint density at radius 2 is 2.10 bits per heavy atom. The van der Waals surface area contributed by atoms with Crippen molar-refractivity contribution in [3.8, 4) is 5.75 Å². The molecule has 0 atom stereocenters. The molecular weight excluding hydrogens is 286 g/mol. The molecule has 0 bridgehead atoms. The van der Waals surface area contributed by atoms with Crippen molar-refractivity contribution in [2.24, 2.45) is 7.05 Å². The van der Waals surface area contributed by atoms with Crippen molar-refractivity contribution < 1.29 is 10.1 Å². The van der Waals surface area contributed by atoms with Gasteiger partial charge in [0.05, 0.1) is 13.2 Å². The molecule has 0 saturated carbocycles. The third kappa shape index (κ3) is 5.35. The molecule has 0 aliphatic carbocycles. The fourth-order valence-corrected chi connectivity index (χ4v) is 2.70. The van der Waals surface area contributed by atoms with Crippen LogP contribution in [0.15, 0.2) is 29.4 Å². The lowest BCUT2D eigenvalue weighted by Gasteiger charge is -2.05. The van der Waals surface area contributed by atoms with Gasteiger partial charge in [-0.05, 0) is 41.6 Å². The molecule has 21 heavy (non-hydrogen) atoms. The van der Waals surface area contributed by atoms with Gasteiger partial charge in [-0.1, -0.05) is 11.8 Å². The molecule has 0 spiro atoms. The van der Waals surface area contributed by atoms with Gasteiger partial charge in [-0.25, -0.2) is 4.68 Å². The van der Waals surface area contributed by atoms with Crippen LogP contribution >= 0.6 is 11.8 Å². The van der Waals surface area contributed by atoms with Crippen LogP contribution in [0.1, 0.15) is 18.9 Å². The Kier molecular flexibility index (Phi) is 6.49. The number of aryl methyl sites for hydroxylation is 1. The molecule has 0 fully saturated rings. The lowest BCUT2D eigenvalue weighted by atomic mass is 10.2. The summed E-state index contributed by atoms with van der Waals surface area (Å²) in [4.78, 5) is 0. The first-order chi connectivity index (χ1) is 10.3. The highest BCUT2D eigenvalue weighted by Gasteiger charge is 2.02. The minimum absolute atomic E-state index is 0.712. The number of ether oxygens (including phenoxy) is 1. The molecule has 0 saturated heterocycles. The predicted octanol–water partition coefficient (Wildman–Crippen LogP) is 0.855. The molecule has 2 N–H and O–H groups in total. The number of thioether (sulfide) groups is 1. The van der Waals surface area contributed by atoms with Crippen LogP contribution in [-0.2, 0) is 13.6 Å². The van der Waals surface area contributed by atoms with E-state index in [0.717, 1.165) is 36.2 Å². The van der Waals surface area contributed by atoms with Gasteiger partial charge >= 0.3 is 0 Å². The number of nitrogens with zero attached hydrogens (tertiary/aromatic N) is 4. The number of benzene rings is 1. The maximum atomic E-state index is 5.43. The molecule has 1 aromatic heterocycles. The smallest absolute Gasteiger partial charge is 0.209 e. The highest BCUT2D eigenvalue weighted by Crippen LogP contribution is 2.12. The molecule has 2 rings (SSSR count). The van der Waals surface area contributed by atoms with Crippen molar-refractivity contribution in [2.75, 3.05) is 18.9 Å². The minimum Gasteiger partial charge on any atom is -0.494 e. The average Bonchev–Trinajstić information content (AvgIpc) is 2.90. The van der Waals surface area contributed by atoms with Crippen molar-refractivity contribution in [3.63, 3.8) is 0 Å². The summed E-state index contributed by atoms with van der Waals surface area (Å²) in [6.07, 6.45) is 1.13.